The van der Waals surface area contributed by atoms with Crippen molar-refractivity contribution in [2.75, 3.05) is 13.6 Å². The van der Waals surface area contributed by atoms with Gasteiger partial charge in [-0.25, -0.2) is 0 Å². The summed E-state index contributed by atoms with van der Waals surface area (Å²) in [7, 11) is 2.25. The van der Waals surface area contributed by atoms with Crippen LogP contribution in [0.15, 0.2) is 0 Å². The Balaban J connectivity index is 1.68. The SMILES string of the molecule is CC(C)C1CC(NC2CCN(C)C(C)C2)C1. The van der Waals surface area contributed by atoms with Crippen LogP contribution in [0.25, 0.3) is 0 Å². The minimum atomic E-state index is 0.757. The Hall–Kier alpha value is -0.0800. The van der Waals surface area contributed by atoms with E-state index in [1.54, 1.807) is 0 Å². The summed E-state index contributed by atoms with van der Waals surface area (Å²) in [6.45, 7) is 8.34. The number of nitrogens with one attached hydrogen (secondary N) is 1. The lowest BCUT2D eigenvalue weighted by Gasteiger charge is -2.43. The van der Waals surface area contributed by atoms with Gasteiger partial charge in [-0.15, -0.1) is 0 Å². The van der Waals surface area contributed by atoms with Crippen molar-refractivity contribution in [3.63, 3.8) is 0 Å². The molecule has 1 heterocycles. The molecule has 1 aliphatic carbocycles. The van der Waals surface area contributed by atoms with E-state index in [0.29, 0.717) is 0 Å². The third-order valence-electron chi connectivity index (χ3n) is 4.80. The Morgan fingerprint density at radius 3 is 2.38 bits per heavy atom. The molecule has 1 N–H and O–H groups in total. The van der Waals surface area contributed by atoms with Gasteiger partial charge < -0.3 is 10.2 Å². The molecule has 16 heavy (non-hydrogen) atoms. The molecule has 0 aromatic rings. The van der Waals surface area contributed by atoms with Crippen LogP contribution in [0.2, 0.25) is 0 Å². The molecule has 0 radical (unpaired) electrons. The molecule has 1 aliphatic heterocycles. The van der Waals surface area contributed by atoms with Crippen LogP contribution >= 0.6 is 0 Å². The molecule has 0 aromatic carbocycles. The predicted octanol–water partition coefficient (Wildman–Crippen LogP) is 2.49. The van der Waals surface area contributed by atoms with Gasteiger partial charge in [-0.1, -0.05) is 13.8 Å². The van der Waals surface area contributed by atoms with E-state index >= 15 is 0 Å². The van der Waals surface area contributed by atoms with Gasteiger partial charge in [0.1, 0.15) is 0 Å². The van der Waals surface area contributed by atoms with Gasteiger partial charge in [0.05, 0.1) is 0 Å². The number of likely N-dealkylation sites (tertiary alicyclic amines) is 1. The topological polar surface area (TPSA) is 15.3 Å². The second-order valence-electron chi connectivity index (χ2n) is 6.39. The van der Waals surface area contributed by atoms with Gasteiger partial charge in [-0.05, 0) is 58.0 Å². The van der Waals surface area contributed by atoms with Gasteiger partial charge in [0.25, 0.3) is 0 Å². The minimum absolute atomic E-state index is 0.757. The van der Waals surface area contributed by atoms with E-state index in [1.165, 1.54) is 32.2 Å². The summed E-state index contributed by atoms with van der Waals surface area (Å²) in [5.74, 6) is 1.87. The van der Waals surface area contributed by atoms with Gasteiger partial charge in [-0.3, -0.25) is 0 Å². The van der Waals surface area contributed by atoms with Crippen LogP contribution in [0, 0.1) is 11.8 Å². The summed E-state index contributed by atoms with van der Waals surface area (Å²) < 4.78 is 0. The molecule has 2 rings (SSSR count). The summed E-state index contributed by atoms with van der Waals surface area (Å²) in [4.78, 5) is 2.48. The lowest BCUT2D eigenvalue weighted by molar-refractivity contribution is 0.117. The highest BCUT2D eigenvalue weighted by atomic mass is 15.1. The van der Waals surface area contributed by atoms with Crippen molar-refractivity contribution in [1.82, 2.24) is 10.2 Å². The highest BCUT2D eigenvalue weighted by Gasteiger charge is 2.33. The number of piperidine rings is 1. The maximum Gasteiger partial charge on any atom is 0.00966 e. The van der Waals surface area contributed by atoms with Crippen molar-refractivity contribution in [2.45, 2.75) is 64.6 Å². The van der Waals surface area contributed by atoms with E-state index in [-0.39, 0.29) is 0 Å². The number of hydrogen-bond donors (Lipinski definition) is 1. The molecule has 94 valence electrons. The third kappa shape index (κ3) is 2.78. The smallest absolute Gasteiger partial charge is 0.00966 e. The quantitative estimate of drug-likeness (QED) is 0.792. The summed E-state index contributed by atoms with van der Waals surface area (Å²) >= 11 is 0. The lowest BCUT2D eigenvalue weighted by atomic mass is 9.73. The van der Waals surface area contributed by atoms with Crippen LogP contribution in [0.4, 0.5) is 0 Å². The highest BCUT2D eigenvalue weighted by Crippen LogP contribution is 2.34. The molecule has 2 atom stereocenters. The molecule has 0 amide bonds. The van der Waals surface area contributed by atoms with E-state index in [0.717, 1.165) is 30.0 Å². The number of hydrogen-bond acceptors (Lipinski definition) is 2. The van der Waals surface area contributed by atoms with E-state index in [9.17, 15) is 0 Å². The molecule has 0 aromatic heterocycles. The standard InChI is InChI=1S/C14H28N2/c1-10(2)12-8-14(9-12)15-13-5-6-16(4)11(3)7-13/h10-15H,5-9H2,1-4H3. The first kappa shape index (κ1) is 12.4. The highest BCUT2D eigenvalue weighted by molar-refractivity contribution is 4.91. The second-order valence-corrected chi connectivity index (χ2v) is 6.39. The van der Waals surface area contributed by atoms with Crippen molar-refractivity contribution in [3.8, 4) is 0 Å². The summed E-state index contributed by atoms with van der Waals surface area (Å²) in [5.41, 5.74) is 0. The second kappa shape index (κ2) is 5.05. The van der Waals surface area contributed by atoms with Crippen molar-refractivity contribution in [2.24, 2.45) is 11.8 Å². The molecule has 1 saturated heterocycles. The molecule has 2 nitrogen and oxygen atoms in total. The van der Waals surface area contributed by atoms with Crippen LogP contribution in [0.1, 0.15) is 46.5 Å². The first-order valence-electron chi connectivity index (χ1n) is 7.02. The molecule has 0 spiro atoms. The average molecular weight is 224 g/mol. The number of rotatable bonds is 3. The van der Waals surface area contributed by atoms with E-state index < -0.39 is 0 Å². The zero-order valence-electron chi connectivity index (χ0n) is 11.4. The van der Waals surface area contributed by atoms with Crippen LogP contribution in [0.3, 0.4) is 0 Å². The number of nitrogens with zero attached hydrogens (tertiary/aromatic N) is 1. The third-order valence-corrected chi connectivity index (χ3v) is 4.80. The monoisotopic (exact) mass is 224 g/mol. The van der Waals surface area contributed by atoms with Crippen molar-refractivity contribution in [3.05, 3.63) is 0 Å². The molecule has 2 unspecified atom stereocenters. The largest absolute Gasteiger partial charge is 0.311 e. The van der Waals surface area contributed by atoms with Crippen molar-refractivity contribution < 1.29 is 0 Å². The maximum absolute atomic E-state index is 3.86. The van der Waals surface area contributed by atoms with Crippen molar-refractivity contribution in [1.29, 1.82) is 0 Å². The van der Waals surface area contributed by atoms with Gasteiger partial charge in [0.15, 0.2) is 0 Å². The van der Waals surface area contributed by atoms with Crippen LogP contribution in [-0.4, -0.2) is 36.6 Å². The predicted molar refractivity (Wildman–Crippen MR) is 69.6 cm³/mol. The fraction of sp³-hybridized carbons (Fsp3) is 1.00. The Morgan fingerprint density at radius 2 is 1.81 bits per heavy atom. The zero-order chi connectivity index (χ0) is 11.7. The van der Waals surface area contributed by atoms with Crippen molar-refractivity contribution >= 4 is 0 Å². The summed E-state index contributed by atoms with van der Waals surface area (Å²) in [6.07, 6.45) is 5.50. The van der Waals surface area contributed by atoms with Crippen LogP contribution in [-0.2, 0) is 0 Å². The van der Waals surface area contributed by atoms with E-state index in [1.807, 2.05) is 0 Å². The summed E-state index contributed by atoms with van der Waals surface area (Å²) in [5, 5.41) is 3.86. The normalized spacial score (nSPS) is 41.1. The Kier molecular flexibility index (Phi) is 3.91. The molecule has 2 fully saturated rings. The van der Waals surface area contributed by atoms with E-state index in [4.69, 9.17) is 0 Å². The first-order chi connectivity index (χ1) is 7.56. The molecule has 0 bridgehead atoms. The van der Waals surface area contributed by atoms with Gasteiger partial charge >= 0.3 is 0 Å². The van der Waals surface area contributed by atoms with Gasteiger partial charge in [0.2, 0.25) is 0 Å². The molecule has 2 aliphatic rings. The summed E-state index contributed by atoms with van der Waals surface area (Å²) in [6, 6.07) is 2.37. The molecule has 1 saturated carbocycles. The Bertz CT molecular complexity index is 221. The maximum atomic E-state index is 3.86. The molecule has 2 heteroatoms. The fourth-order valence-electron chi connectivity index (χ4n) is 3.12. The molecular formula is C14H28N2. The van der Waals surface area contributed by atoms with E-state index in [2.05, 4.69) is 38.0 Å². The Morgan fingerprint density at radius 1 is 1.12 bits per heavy atom. The van der Waals surface area contributed by atoms with Gasteiger partial charge in [0, 0.05) is 18.1 Å². The van der Waals surface area contributed by atoms with Gasteiger partial charge in [-0.2, -0.15) is 0 Å². The molecular weight excluding hydrogens is 196 g/mol. The zero-order valence-corrected chi connectivity index (χ0v) is 11.4. The Labute approximate surface area is 101 Å². The average Bonchev–Trinajstić information content (AvgIpc) is 2.15. The fourth-order valence-corrected chi connectivity index (χ4v) is 3.12. The van der Waals surface area contributed by atoms with Crippen LogP contribution in [0.5, 0.6) is 0 Å². The first-order valence-corrected chi connectivity index (χ1v) is 7.02. The van der Waals surface area contributed by atoms with Crippen LogP contribution < -0.4 is 5.32 Å². The lowest BCUT2D eigenvalue weighted by Crippen LogP contribution is -2.52. The minimum Gasteiger partial charge on any atom is -0.311 e.